The number of rotatable bonds is 3. The van der Waals surface area contributed by atoms with Crippen LogP contribution in [0.25, 0.3) is 0 Å². The summed E-state index contributed by atoms with van der Waals surface area (Å²) in [5, 5.41) is 3.62. The van der Waals surface area contributed by atoms with Gasteiger partial charge in [-0.15, -0.1) is 0 Å². The van der Waals surface area contributed by atoms with Crippen LogP contribution in [0.4, 0.5) is 11.5 Å². The Hall–Kier alpha value is -1.46. The van der Waals surface area contributed by atoms with E-state index in [-0.39, 0.29) is 0 Å². The Morgan fingerprint density at radius 2 is 2.25 bits per heavy atom. The van der Waals surface area contributed by atoms with Crippen molar-refractivity contribution in [3.63, 3.8) is 0 Å². The number of nitrogens with zero attached hydrogens (tertiary/aromatic N) is 1. The molecule has 0 bridgehead atoms. The van der Waals surface area contributed by atoms with Crippen LogP contribution in [0.5, 0.6) is 5.75 Å². The molecule has 20 heavy (non-hydrogen) atoms. The van der Waals surface area contributed by atoms with Gasteiger partial charge >= 0.3 is 0 Å². The average Bonchev–Trinajstić information content (AvgIpc) is 2.87. The Kier molecular flexibility index (Phi) is 3.72. The molecule has 1 aliphatic rings. The van der Waals surface area contributed by atoms with Crippen molar-refractivity contribution in [1.82, 2.24) is 4.98 Å². The Labute approximate surface area is 130 Å². The van der Waals surface area contributed by atoms with Crippen molar-refractivity contribution in [1.29, 1.82) is 0 Å². The molecule has 2 heterocycles. The van der Waals surface area contributed by atoms with Crippen LogP contribution in [-0.4, -0.2) is 11.6 Å². The van der Waals surface area contributed by atoms with Crippen molar-refractivity contribution < 1.29 is 4.74 Å². The van der Waals surface area contributed by atoms with Gasteiger partial charge in [0, 0.05) is 23.0 Å². The van der Waals surface area contributed by atoms with Crippen molar-refractivity contribution in [2.45, 2.75) is 13.0 Å². The van der Waals surface area contributed by atoms with Gasteiger partial charge in [-0.3, -0.25) is 0 Å². The number of nitrogens with two attached hydrogens (primary N) is 1. The molecule has 0 unspecified atom stereocenters. The van der Waals surface area contributed by atoms with E-state index < -0.39 is 0 Å². The van der Waals surface area contributed by atoms with Gasteiger partial charge in [-0.1, -0.05) is 27.5 Å². The van der Waals surface area contributed by atoms with Crippen LogP contribution in [0, 0.1) is 0 Å². The van der Waals surface area contributed by atoms with Gasteiger partial charge in [0.2, 0.25) is 0 Å². The lowest BCUT2D eigenvalue weighted by Crippen LogP contribution is -2.06. The third-order valence-corrected chi connectivity index (χ3v) is 3.83. The molecule has 0 atom stereocenters. The maximum atomic E-state index is 5.88. The highest BCUT2D eigenvalue weighted by Crippen LogP contribution is 2.33. The maximum absolute atomic E-state index is 5.88. The summed E-state index contributed by atoms with van der Waals surface area (Å²) in [4.78, 5) is 4.18. The maximum Gasteiger partial charge on any atom is 0.151 e. The van der Waals surface area contributed by atoms with E-state index in [0.29, 0.717) is 23.2 Å². The van der Waals surface area contributed by atoms with E-state index in [1.165, 1.54) is 5.56 Å². The number of benzene rings is 1. The highest BCUT2D eigenvalue weighted by Gasteiger charge is 2.17. The molecule has 0 radical (unpaired) electrons. The number of nitrogen functional groups attached to an aromatic ring is 1. The van der Waals surface area contributed by atoms with Gasteiger partial charge in [-0.25, -0.2) is 4.98 Å². The van der Waals surface area contributed by atoms with Crippen molar-refractivity contribution in [2.75, 3.05) is 17.7 Å². The van der Waals surface area contributed by atoms with Gasteiger partial charge in [0.1, 0.15) is 10.9 Å². The Morgan fingerprint density at radius 3 is 3.10 bits per heavy atom. The largest absolute Gasteiger partial charge is 0.493 e. The van der Waals surface area contributed by atoms with Crippen molar-refractivity contribution in [2.24, 2.45) is 0 Å². The van der Waals surface area contributed by atoms with Crippen molar-refractivity contribution >= 4 is 39.0 Å². The van der Waals surface area contributed by atoms with Crippen molar-refractivity contribution in [3.8, 4) is 5.75 Å². The summed E-state index contributed by atoms with van der Waals surface area (Å²) in [6.07, 6.45) is 0.944. The summed E-state index contributed by atoms with van der Waals surface area (Å²) < 4.78 is 6.74. The van der Waals surface area contributed by atoms with Crippen LogP contribution >= 0.6 is 27.5 Å². The van der Waals surface area contributed by atoms with Gasteiger partial charge in [-0.05, 0) is 29.8 Å². The summed E-state index contributed by atoms with van der Waals surface area (Å²) in [5.74, 6) is 1.55. The van der Waals surface area contributed by atoms with E-state index in [1.807, 2.05) is 6.07 Å². The normalized spacial score (nSPS) is 12.9. The second kappa shape index (κ2) is 5.50. The summed E-state index contributed by atoms with van der Waals surface area (Å²) in [7, 11) is 0. The second-order valence-electron chi connectivity index (χ2n) is 4.58. The highest BCUT2D eigenvalue weighted by molar-refractivity contribution is 9.10. The second-order valence-corrected chi connectivity index (χ2v) is 5.88. The molecular formula is C14H13BrClN3O. The minimum absolute atomic E-state index is 0.414. The molecule has 0 aliphatic carbocycles. The molecule has 2 aromatic rings. The zero-order valence-corrected chi connectivity index (χ0v) is 13.0. The number of ether oxygens (including phenoxy) is 1. The predicted octanol–water partition coefficient (Wildman–Crippen LogP) is 3.63. The van der Waals surface area contributed by atoms with Crippen LogP contribution in [0.3, 0.4) is 0 Å². The minimum Gasteiger partial charge on any atom is -0.493 e. The molecule has 3 rings (SSSR count). The number of fused-ring (bicyclic) bond motifs is 1. The molecule has 104 valence electrons. The lowest BCUT2D eigenvalue weighted by Gasteiger charge is -2.12. The first-order chi connectivity index (χ1) is 9.63. The average molecular weight is 355 g/mol. The van der Waals surface area contributed by atoms with E-state index in [1.54, 1.807) is 12.1 Å². The standard InChI is InChI=1S/C14H13BrClN3O/c15-10-5-8-3-4-20-13(8)9(6-10)7-18-14-11(17)1-2-12(16)19-14/h1-2,5-6H,3-4,7,17H2,(H,18,19). The number of nitrogens with one attached hydrogen (secondary N) is 1. The molecule has 0 saturated carbocycles. The molecule has 0 amide bonds. The smallest absolute Gasteiger partial charge is 0.151 e. The van der Waals surface area contributed by atoms with Crippen LogP contribution in [0.2, 0.25) is 5.15 Å². The zero-order chi connectivity index (χ0) is 14.1. The molecule has 1 aromatic carbocycles. The van der Waals surface area contributed by atoms with Crippen LogP contribution in [-0.2, 0) is 13.0 Å². The first-order valence-electron chi connectivity index (χ1n) is 6.23. The molecule has 0 fully saturated rings. The topological polar surface area (TPSA) is 60.2 Å². The Morgan fingerprint density at radius 1 is 1.40 bits per heavy atom. The third kappa shape index (κ3) is 2.69. The lowest BCUT2D eigenvalue weighted by molar-refractivity contribution is 0.354. The minimum atomic E-state index is 0.414. The van der Waals surface area contributed by atoms with Gasteiger partial charge in [-0.2, -0.15) is 0 Å². The fourth-order valence-corrected chi connectivity index (χ4v) is 2.94. The Bertz CT molecular complexity index is 663. The zero-order valence-electron chi connectivity index (χ0n) is 10.6. The summed E-state index contributed by atoms with van der Waals surface area (Å²) in [5.41, 5.74) is 8.75. The van der Waals surface area contributed by atoms with E-state index in [9.17, 15) is 0 Å². The van der Waals surface area contributed by atoms with Gasteiger partial charge < -0.3 is 15.8 Å². The number of aromatic nitrogens is 1. The van der Waals surface area contributed by atoms with Gasteiger partial charge in [0.15, 0.2) is 5.82 Å². The van der Waals surface area contributed by atoms with Gasteiger partial charge in [0.25, 0.3) is 0 Å². The lowest BCUT2D eigenvalue weighted by atomic mass is 10.1. The van der Waals surface area contributed by atoms with Crippen LogP contribution in [0.1, 0.15) is 11.1 Å². The summed E-state index contributed by atoms with van der Waals surface area (Å²) in [6.45, 7) is 1.32. The van der Waals surface area contributed by atoms with Crippen LogP contribution < -0.4 is 15.8 Å². The molecule has 1 aliphatic heterocycles. The molecule has 3 N–H and O–H groups in total. The number of pyridine rings is 1. The third-order valence-electron chi connectivity index (χ3n) is 3.16. The highest BCUT2D eigenvalue weighted by atomic mass is 79.9. The number of hydrogen-bond donors (Lipinski definition) is 2. The molecule has 1 aromatic heterocycles. The molecular weight excluding hydrogens is 342 g/mol. The molecule has 6 heteroatoms. The number of hydrogen-bond acceptors (Lipinski definition) is 4. The summed E-state index contributed by atoms with van der Waals surface area (Å²) >= 11 is 9.40. The van der Waals surface area contributed by atoms with E-state index in [4.69, 9.17) is 22.1 Å². The molecule has 0 saturated heterocycles. The van der Waals surface area contributed by atoms with E-state index in [0.717, 1.165) is 28.8 Å². The first-order valence-corrected chi connectivity index (χ1v) is 7.40. The predicted molar refractivity (Wildman–Crippen MR) is 84.3 cm³/mol. The first kappa shape index (κ1) is 13.5. The van der Waals surface area contributed by atoms with Crippen molar-refractivity contribution in [3.05, 3.63) is 45.0 Å². The summed E-state index contributed by atoms with van der Waals surface area (Å²) in [6, 6.07) is 7.54. The molecule has 0 spiro atoms. The fraction of sp³-hybridized carbons (Fsp3) is 0.214. The molecule has 4 nitrogen and oxygen atoms in total. The van der Waals surface area contributed by atoms with E-state index >= 15 is 0 Å². The Balaban J connectivity index is 1.84. The quantitative estimate of drug-likeness (QED) is 0.826. The van der Waals surface area contributed by atoms with Gasteiger partial charge in [0.05, 0.1) is 12.3 Å². The monoisotopic (exact) mass is 353 g/mol. The van der Waals surface area contributed by atoms with E-state index in [2.05, 4.69) is 32.3 Å². The SMILES string of the molecule is Nc1ccc(Cl)nc1NCc1cc(Br)cc2c1OCC2. The number of anilines is 2. The fourth-order valence-electron chi connectivity index (χ4n) is 2.24. The van der Waals surface area contributed by atoms with Crippen LogP contribution in [0.15, 0.2) is 28.7 Å². The number of halogens is 2.